The molecule has 28 heavy (non-hydrogen) atoms. The SMILES string of the molecule is COc1cc(OC)cc(C(=O)NCCS(=O)(=O)NCCCN2CCCC2=O)c1. The zero-order valence-corrected chi connectivity index (χ0v) is 17.0. The summed E-state index contributed by atoms with van der Waals surface area (Å²) < 4.78 is 36.8. The lowest BCUT2D eigenvalue weighted by Gasteiger charge is -2.15. The highest BCUT2D eigenvalue weighted by Crippen LogP contribution is 2.22. The van der Waals surface area contributed by atoms with Crippen LogP contribution < -0.4 is 19.5 Å². The maximum absolute atomic E-state index is 12.2. The van der Waals surface area contributed by atoms with Gasteiger partial charge in [-0.25, -0.2) is 13.1 Å². The zero-order valence-electron chi connectivity index (χ0n) is 16.2. The van der Waals surface area contributed by atoms with E-state index < -0.39 is 15.9 Å². The van der Waals surface area contributed by atoms with E-state index in [0.29, 0.717) is 36.4 Å². The van der Waals surface area contributed by atoms with Gasteiger partial charge in [0.1, 0.15) is 11.5 Å². The number of likely N-dealkylation sites (tertiary alicyclic amines) is 1. The van der Waals surface area contributed by atoms with Gasteiger partial charge in [-0.15, -0.1) is 0 Å². The minimum atomic E-state index is -3.51. The van der Waals surface area contributed by atoms with Gasteiger partial charge in [0.25, 0.3) is 5.91 Å². The molecule has 0 radical (unpaired) electrons. The maximum atomic E-state index is 12.2. The molecule has 2 amide bonds. The topological polar surface area (TPSA) is 114 Å². The van der Waals surface area contributed by atoms with Crippen LogP contribution in [0.1, 0.15) is 29.6 Å². The third-order valence-electron chi connectivity index (χ3n) is 4.37. The molecule has 1 aliphatic rings. The van der Waals surface area contributed by atoms with Gasteiger partial charge in [0.15, 0.2) is 0 Å². The summed E-state index contributed by atoms with van der Waals surface area (Å²) in [7, 11) is -0.551. The lowest BCUT2D eigenvalue weighted by molar-refractivity contribution is -0.127. The van der Waals surface area contributed by atoms with E-state index in [9.17, 15) is 18.0 Å². The lowest BCUT2D eigenvalue weighted by Crippen LogP contribution is -2.36. The Labute approximate surface area is 165 Å². The van der Waals surface area contributed by atoms with Crippen LogP contribution in [0.2, 0.25) is 0 Å². The lowest BCUT2D eigenvalue weighted by atomic mass is 10.2. The number of hydrogen-bond donors (Lipinski definition) is 2. The van der Waals surface area contributed by atoms with Crippen LogP contribution in [-0.4, -0.2) is 71.3 Å². The van der Waals surface area contributed by atoms with Crippen LogP contribution in [0.3, 0.4) is 0 Å². The van der Waals surface area contributed by atoms with Crippen LogP contribution in [0, 0.1) is 0 Å². The Morgan fingerprint density at radius 1 is 1.14 bits per heavy atom. The molecule has 10 heteroatoms. The molecule has 0 atom stereocenters. The van der Waals surface area contributed by atoms with Gasteiger partial charge >= 0.3 is 0 Å². The van der Waals surface area contributed by atoms with Gasteiger partial charge in [-0.1, -0.05) is 0 Å². The van der Waals surface area contributed by atoms with Crippen LogP contribution in [0.5, 0.6) is 11.5 Å². The smallest absolute Gasteiger partial charge is 0.251 e. The number of sulfonamides is 1. The maximum Gasteiger partial charge on any atom is 0.251 e. The molecule has 2 N–H and O–H groups in total. The molecule has 1 aliphatic heterocycles. The minimum Gasteiger partial charge on any atom is -0.497 e. The van der Waals surface area contributed by atoms with Crippen molar-refractivity contribution in [1.82, 2.24) is 14.9 Å². The Balaban J connectivity index is 1.73. The number of hydrogen-bond acceptors (Lipinski definition) is 6. The molecule has 0 bridgehead atoms. The monoisotopic (exact) mass is 413 g/mol. The first kappa shape index (κ1) is 22.0. The van der Waals surface area contributed by atoms with Crippen LogP contribution in [0.4, 0.5) is 0 Å². The second kappa shape index (κ2) is 10.3. The molecular formula is C18H27N3O6S. The molecule has 1 heterocycles. The van der Waals surface area contributed by atoms with Crippen molar-refractivity contribution in [2.45, 2.75) is 19.3 Å². The quantitative estimate of drug-likeness (QED) is 0.507. The number of carbonyl (C=O) groups excluding carboxylic acids is 2. The van der Waals surface area contributed by atoms with Crippen LogP contribution in [0.15, 0.2) is 18.2 Å². The molecule has 1 aromatic carbocycles. The van der Waals surface area contributed by atoms with Crippen molar-refractivity contribution < 1.29 is 27.5 Å². The highest BCUT2D eigenvalue weighted by molar-refractivity contribution is 7.89. The van der Waals surface area contributed by atoms with Crippen molar-refractivity contribution in [2.24, 2.45) is 0 Å². The number of ether oxygens (including phenoxy) is 2. The standard InChI is InChI=1S/C18H27N3O6S/c1-26-15-11-14(12-16(13-15)27-2)18(23)19-7-10-28(24,25)20-6-4-9-21-8-3-5-17(21)22/h11-13,20H,3-10H2,1-2H3,(H,19,23). The third-order valence-corrected chi connectivity index (χ3v) is 5.75. The van der Waals surface area contributed by atoms with Crippen LogP contribution >= 0.6 is 0 Å². The molecule has 9 nitrogen and oxygen atoms in total. The number of methoxy groups -OCH3 is 2. The van der Waals surface area contributed by atoms with Gasteiger partial charge in [0.05, 0.1) is 20.0 Å². The van der Waals surface area contributed by atoms with Gasteiger partial charge in [-0.2, -0.15) is 0 Å². The summed E-state index contributed by atoms with van der Waals surface area (Å²) in [4.78, 5) is 25.5. The molecule has 0 aliphatic carbocycles. The first-order valence-electron chi connectivity index (χ1n) is 9.11. The Bertz CT molecular complexity index is 774. The third kappa shape index (κ3) is 6.68. The normalized spacial score (nSPS) is 14.2. The number of carbonyl (C=O) groups is 2. The van der Waals surface area contributed by atoms with Crippen LogP contribution in [-0.2, 0) is 14.8 Å². The number of nitrogens with zero attached hydrogens (tertiary/aromatic N) is 1. The summed E-state index contributed by atoms with van der Waals surface area (Å²) >= 11 is 0. The molecular weight excluding hydrogens is 386 g/mol. The molecule has 0 saturated carbocycles. The van der Waals surface area contributed by atoms with Gasteiger partial charge < -0.3 is 19.7 Å². The van der Waals surface area contributed by atoms with Gasteiger partial charge in [-0.05, 0) is 25.0 Å². The van der Waals surface area contributed by atoms with Crippen molar-refractivity contribution in [3.63, 3.8) is 0 Å². The highest BCUT2D eigenvalue weighted by atomic mass is 32.2. The summed E-state index contributed by atoms with van der Waals surface area (Å²) in [5.74, 6) is 0.410. The van der Waals surface area contributed by atoms with Crippen molar-refractivity contribution in [1.29, 1.82) is 0 Å². The predicted molar refractivity (Wildman–Crippen MR) is 104 cm³/mol. The molecule has 1 fully saturated rings. The second-order valence-corrected chi connectivity index (χ2v) is 8.33. The van der Waals surface area contributed by atoms with E-state index >= 15 is 0 Å². The average Bonchev–Trinajstić information content (AvgIpc) is 3.09. The molecule has 0 unspecified atom stereocenters. The summed E-state index contributed by atoms with van der Waals surface area (Å²) in [6, 6.07) is 4.73. The first-order chi connectivity index (χ1) is 13.3. The molecule has 1 aromatic rings. The fraction of sp³-hybridized carbons (Fsp3) is 0.556. The molecule has 0 spiro atoms. The van der Waals surface area contributed by atoms with E-state index in [4.69, 9.17) is 9.47 Å². The average molecular weight is 413 g/mol. The second-order valence-electron chi connectivity index (χ2n) is 6.41. The summed E-state index contributed by atoms with van der Waals surface area (Å²) in [6.07, 6.45) is 1.99. The van der Waals surface area contributed by atoms with E-state index in [0.717, 1.165) is 13.0 Å². The number of benzene rings is 1. The minimum absolute atomic E-state index is 0.0295. The number of amides is 2. The Morgan fingerprint density at radius 2 is 1.82 bits per heavy atom. The molecule has 2 rings (SSSR count). The van der Waals surface area contributed by atoms with Crippen molar-refractivity contribution >= 4 is 21.8 Å². The Morgan fingerprint density at radius 3 is 2.39 bits per heavy atom. The fourth-order valence-corrected chi connectivity index (χ4v) is 3.82. The van der Waals surface area contributed by atoms with Crippen LogP contribution in [0.25, 0.3) is 0 Å². The van der Waals surface area contributed by atoms with Crippen molar-refractivity contribution in [3.8, 4) is 11.5 Å². The molecule has 0 aromatic heterocycles. The van der Waals surface area contributed by atoms with Crippen molar-refractivity contribution in [3.05, 3.63) is 23.8 Å². The van der Waals surface area contributed by atoms with Gasteiger partial charge in [0.2, 0.25) is 15.9 Å². The summed E-state index contributed by atoms with van der Waals surface area (Å²) in [5.41, 5.74) is 0.317. The van der Waals surface area contributed by atoms with Gasteiger partial charge in [-0.3, -0.25) is 9.59 Å². The van der Waals surface area contributed by atoms with E-state index in [1.165, 1.54) is 14.2 Å². The fourth-order valence-electron chi connectivity index (χ4n) is 2.85. The van der Waals surface area contributed by atoms with E-state index in [-0.39, 0.29) is 24.7 Å². The Hall–Kier alpha value is -2.33. The summed E-state index contributed by atoms with van der Waals surface area (Å²) in [6.45, 7) is 1.52. The van der Waals surface area contributed by atoms with Crippen molar-refractivity contribution in [2.75, 3.05) is 46.2 Å². The molecule has 156 valence electrons. The zero-order chi connectivity index (χ0) is 20.6. The highest BCUT2D eigenvalue weighted by Gasteiger charge is 2.19. The summed E-state index contributed by atoms with van der Waals surface area (Å²) in [5, 5.41) is 2.58. The van der Waals surface area contributed by atoms with Gasteiger partial charge in [0, 0.05) is 44.2 Å². The van der Waals surface area contributed by atoms with E-state index in [1.807, 2.05) is 0 Å². The largest absolute Gasteiger partial charge is 0.497 e. The Kier molecular flexibility index (Phi) is 8.06. The van der Waals surface area contributed by atoms with E-state index in [1.54, 1.807) is 23.1 Å². The number of rotatable bonds is 11. The predicted octanol–water partition coefficient (Wildman–Crippen LogP) is 0.366. The van der Waals surface area contributed by atoms with E-state index in [2.05, 4.69) is 10.0 Å². The molecule has 1 saturated heterocycles. The first-order valence-corrected chi connectivity index (χ1v) is 10.8. The number of nitrogens with one attached hydrogen (secondary N) is 2.